The second kappa shape index (κ2) is 7.85. The molecule has 0 aliphatic carbocycles. The average molecular weight is 393 g/mol. The molecular formula is C20H19N5O2S. The fourth-order valence-electron chi connectivity index (χ4n) is 2.97. The van der Waals surface area contributed by atoms with Gasteiger partial charge in [0, 0.05) is 24.2 Å². The van der Waals surface area contributed by atoms with Crippen LogP contribution in [-0.4, -0.2) is 45.1 Å². The second-order valence-corrected chi connectivity index (χ2v) is 7.65. The summed E-state index contributed by atoms with van der Waals surface area (Å²) in [6, 6.07) is 17.1. The smallest absolute Gasteiger partial charge is 0.324 e. The van der Waals surface area contributed by atoms with E-state index in [9.17, 15) is 9.59 Å². The van der Waals surface area contributed by atoms with Crippen LogP contribution in [0.4, 0.5) is 16.3 Å². The highest BCUT2D eigenvalue weighted by atomic mass is 32.2. The van der Waals surface area contributed by atoms with E-state index in [1.165, 1.54) is 16.7 Å². The minimum atomic E-state index is -0.477. The van der Waals surface area contributed by atoms with Gasteiger partial charge in [-0.05, 0) is 31.2 Å². The molecule has 0 radical (unpaired) electrons. The summed E-state index contributed by atoms with van der Waals surface area (Å²) in [4.78, 5) is 34.8. The Morgan fingerprint density at radius 3 is 2.64 bits per heavy atom. The van der Waals surface area contributed by atoms with Crippen LogP contribution in [-0.2, 0) is 4.79 Å². The Hall–Kier alpha value is -3.13. The molecule has 0 bridgehead atoms. The molecule has 2 N–H and O–H groups in total. The van der Waals surface area contributed by atoms with E-state index < -0.39 is 5.25 Å². The number of fused-ring (bicyclic) bond motifs is 1. The molecule has 3 aromatic rings. The fraction of sp³-hybridized carbons (Fsp3) is 0.200. The maximum atomic E-state index is 12.6. The Bertz CT molecular complexity index is 1030. The molecule has 142 valence electrons. The lowest BCUT2D eigenvalue weighted by Crippen LogP contribution is -2.39. The number of rotatable bonds is 5. The Morgan fingerprint density at radius 2 is 1.89 bits per heavy atom. The first kappa shape index (κ1) is 18.2. The number of para-hydroxylation sites is 2. The molecule has 0 unspecified atom stereocenters. The molecule has 1 saturated heterocycles. The lowest BCUT2D eigenvalue weighted by Gasteiger charge is -2.17. The summed E-state index contributed by atoms with van der Waals surface area (Å²) in [5.41, 5.74) is 1.71. The number of thioether (sulfide) groups is 1. The highest BCUT2D eigenvalue weighted by molar-refractivity contribution is 8.00. The molecule has 0 saturated carbocycles. The van der Waals surface area contributed by atoms with Crippen molar-refractivity contribution in [2.75, 3.05) is 18.4 Å². The van der Waals surface area contributed by atoms with E-state index in [4.69, 9.17) is 0 Å². The molecule has 1 fully saturated rings. The van der Waals surface area contributed by atoms with Gasteiger partial charge in [0.05, 0.1) is 10.8 Å². The molecule has 4 rings (SSSR count). The molecular weight excluding hydrogens is 374 g/mol. The minimum Gasteiger partial charge on any atom is -0.340 e. The zero-order valence-corrected chi connectivity index (χ0v) is 16.1. The first-order valence-corrected chi connectivity index (χ1v) is 9.84. The molecule has 2 aromatic carbocycles. The Labute approximate surface area is 166 Å². The summed E-state index contributed by atoms with van der Waals surface area (Å²) in [7, 11) is 0. The van der Waals surface area contributed by atoms with Crippen LogP contribution < -0.4 is 10.6 Å². The van der Waals surface area contributed by atoms with Crippen molar-refractivity contribution in [1.82, 2.24) is 20.2 Å². The van der Waals surface area contributed by atoms with Crippen LogP contribution >= 0.6 is 11.8 Å². The van der Waals surface area contributed by atoms with E-state index in [0.717, 1.165) is 16.6 Å². The van der Waals surface area contributed by atoms with E-state index in [0.29, 0.717) is 24.1 Å². The summed E-state index contributed by atoms with van der Waals surface area (Å²) in [5.74, 6) is 0.437. The second-order valence-electron chi connectivity index (χ2n) is 6.34. The van der Waals surface area contributed by atoms with E-state index >= 15 is 0 Å². The van der Waals surface area contributed by atoms with Crippen molar-refractivity contribution in [3.05, 3.63) is 54.6 Å². The van der Waals surface area contributed by atoms with E-state index in [2.05, 4.69) is 20.6 Å². The number of carbonyl (C=O) groups excluding carboxylic acids is 2. The van der Waals surface area contributed by atoms with E-state index in [-0.39, 0.29) is 11.9 Å². The van der Waals surface area contributed by atoms with Gasteiger partial charge in [-0.2, -0.15) is 0 Å². The topological polar surface area (TPSA) is 87.2 Å². The molecule has 28 heavy (non-hydrogen) atoms. The molecule has 1 aromatic heterocycles. The van der Waals surface area contributed by atoms with Crippen molar-refractivity contribution >= 4 is 46.1 Å². The van der Waals surface area contributed by atoms with Crippen LogP contribution in [0.2, 0.25) is 0 Å². The van der Waals surface area contributed by atoms with Crippen LogP contribution in [0.1, 0.15) is 6.92 Å². The summed E-state index contributed by atoms with van der Waals surface area (Å²) in [5, 5.41) is 6.88. The molecule has 0 spiro atoms. The van der Waals surface area contributed by atoms with Crippen LogP contribution in [0.15, 0.2) is 59.8 Å². The van der Waals surface area contributed by atoms with E-state index in [1.807, 2.05) is 54.6 Å². The van der Waals surface area contributed by atoms with Crippen molar-refractivity contribution in [1.29, 1.82) is 0 Å². The maximum absolute atomic E-state index is 12.6. The van der Waals surface area contributed by atoms with Gasteiger partial charge in [-0.1, -0.05) is 42.1 Å². The van der Waals surface area contributed by atoms with Gasteiger partial charge in [0.15, 0.2) is 5.16 Å². The van der Waals surface area contributed by atoms with Gasteiger partial charge in [0.1, 0.15) is 5.82 Å². The van der Waals surface area contributed by atoms with Gasteiger partial charge >= 0.3 is 6.03 Å². The molecule has 1 aliphatic rings. The van der Waals surface area contributed by atoms with Gasteiger partial charge in [0.25, 0.3) is 0 Å². The molecule has 1 atom stereocenters. The third kappa shape index (κ3) is 3.77. The van der Waals surface area contributed by atoms with Crippen molar-refractivity contribution in [3.8, 4) is 0 Å². The predicted octanol–water partition coefficient (Wildman–Crippen LogP) is 3.41. The van der Waals surface area contributed by atoms with Gasteiger partial charge < -0.3 is 10.6 Å². The van der Waals surface area contributed by atoms with Crippen LogP contribution in [0.25, 0.3) is 10.9 Å². The van der Waals surface area contributed by atoms with E-state index in [1.54, 1.807) is 6.92 Å². The van der Waals surface area contributed by atoms with Crippen molar-refractivity contribution in [2.45, 2.75) is 17.3 Å². The van der Waals surface area contributed by atoms with Crippen LogP contribution in [0, 0.1) is 0 Å². The number of imide groups is 1. The largest absolute Gasteiger partial charge is 0.340 e. The molecule has 1 aliphatic heterocycles. The third-order valence-corrected chi connectivity index (χ3v) is 5.32. The Balaban J connectivity index is 1.62. The van der Waals surface area contributed by atoms with Crippen LogP contribution in [0.3, 0.4) is 0 Å². The number of amides is 3. The Morgan fingerprint density at radius 1 is 1.14 bits per heavy atom. The number of carbonyl (C=O) groups is 2. The Kier molecular flexibility index (Phi) is 5.12. The average Bonchev–Trinajstić information content (AvgIpc) is 3.14. The van der Waals surface area contributed by atoms with Crippen molar-refractivity contribution in [2.24, 2.45) is 0 Å². The van der Waals surface area contributed by atoms with Gasteiger partial charge in [-0.3, -0.25) is 9.69 Å². The highest BCUT2D eigenvalue weighted by Gasteiger charge is 2.30. The zero-order chi connectivity index (χ0) is 19.5. The molecule has 8 heteroatoms. The SMILES string of the molecule is C[C@H](Sc1nc(Nc2ccccc2)c2ccccc2n1)C(=O)N1CCNC1=O. The first-order valence-electron chi connectivity index (χ1n) is 8.96. The fourth-order valence-corrected chi connectivity index (χ4v) is 3.81. The summed E-state index contributed by atoms with van der Waals surface area (Å²) >= 11 is 1.25. The number of nitrogens with one attached hydrogen (secondary N) is 2. The number of nitrogens with zero attached hydrogens (tertiary/aromatic N) is 3. The number of urea groups is 1. The molecule has 3 amide bonds. The predicted molar refractivity (Wildman–Crippen MR) is 110 cm³/mol. The minimum absolute atomic E-state index is 0.241. The zero-order valence-electron chi connectivity index (χ0n) is 15.3. The molecule has 2 heterocycles. The lowest BCUT2D eigenvalue weighted by molar-refractivity contribution is -0.126. The first-order chi connectivity index (χ1) is 13.6. The quantitative estimate of drug-likeness (QED) is 0.510. The van der Waals surface area contributed by atoms with Crippen LogP contribution in [0.5, 0.6) is 0 Å². The standard InChI is InChI=1S/C20H19N5O2S/c1-13(18(26)25-12-11-21-20(25)27)28-19-23-16-10-6-5-9-15(16)17(24-19)22-14-7-3-2-4-8-14/h2-10,13H,11-12H2,1H3,(H,21,27)(H,22,23,24)/t13-/m0/s1. The third-order valence-electron chi connectivity index (χ3n) is 4.37. The normalized spacial score (nSPS) is 14.8. The molecule has 7 nitrogen and oxygen atoms in total. The number of aromatic nitrogens is 2. The van der Waals surface area contributed by atoms with Gasteiger partial charge in [0.2, 0.25) is 5.91 Å². The number of hydrogen-bond acceptors (Lipinski definition) is 6. The number of benzene rings is 2. The van der Waals surface area contributed by atoms with Crippen molar-refractivity contribution < 1.29 is 9.59 Å². The lowest BCUT2D eigenvalue weighted by atomic mass is 10.2. The maximum Gasteiger partial charge on any atom is 0.324 e. The van der Waals surface area contributed by atoms with Gasteiger partial charge in [-0.25, -0.2) is 14.8 Å². The number of anilines is 2. The summed E-state index contributed by atoms with van der Waals surface area (Å²) < 4.78 is 0. The highest BCUT2D eigenvalue weighted by Crippen LogP contribution is 2.29. The summed E-state index contributed by atoms with van der Waals surface area (Å²) in [6.07, 6.45) is 0. The van der Waals surface area contributed by atoms with Crippen molar-refractivity contribution in [3.63, 3.8) is 0 Å². The van der Waals surface area contributed by atoms with Gasteiger partial charge in [-0.15, -0.1) is 0 Å². The summed E-state index contributed by atoms with van der Waals surface area (Å²) in [6.45, 7) is 2.64. The number of hydrogen-bond donors (Lipinski definition) is 2. The monoisotopic (exact) mass is 393 g/mol.